The van der Waals surface area contributed by atoms with E-state index in [1.165, 1.54) is 16.8 Å². The maximum atomic E-state index is 13.0. The van der Waals surface area contributed by atoms with E-state index in [0.29, 0.717) is 18.7 Å². The van der Waals surface area contributed by atoms with Gasteiger partial charge in [0.05, 0.1) is 16.8 Å². The van der Waals surface area contributed by atoms with Crippen molar-refractivity contribution in [3.63, 3.8) is 0 Å². The van der Waals surface area contributed by atoms with E-state index in [-0.39, 0.29) is 5.82 Å². The van der Waals surface area contributed by atoms with Gasteiger partial charge in [-0.05, 0) is 62.6 Å². The van der Waals surface area contributed by atoms with Crippen LogP contribution in [0.1, 0.15) is 26.2 Å². The van der Waals surface area contributed by atoms with Crippen molar-refractivity contribution in [3.05, 3.63) is 54.3 Å². The van der Waals surface area contributed by atoms with Gasteiger partial charge in [-0.1, -0.05) is 23.5 Å². The first-order chi connectivity index (χ1) is 14.1. The van der Waals surface area contributed by atoms with E-state index >= 15 is 0 Å². The van der Waals surface area contributed by atoms with Crippen LogP contribution in [0.3, 0.4) is 0 Å². The number of halogens is 1. The normalized spacial score (nSPS) is 16.8. The monoisotopic (exact) mass is 413 g/mol. The van der Waals surface area contributed by atoms with E-state index in [1.807, 2.05) is 6.07 Å². The summed E-state index contributed by atoms with van der Waals surface area (Å²) >= 11 is 1.78. The highest BCUT2D eigenvalue weighted by Gasteiger charge is 2.26. The summed E-state index contributed by atoms with van der Waals surface area (Å²) in [6.45, 7) is 5.11. The molecule has 0 amide bonds. The lowest BCUT2D eigenvalue weighted by atomic mass is 10.0. The van der Waals surface area contributed by atoms with E-state index in [4.69, 9.17) is 9.72 Å². The summed E-state index contributed by atoms with van der Waals surface area (Å²) in [6, 6.07) is 15.6. The summed E-state index contributed by atoms with van der Waals surface area (Å²) in [4.78, 5) is 9.73. The molecular weight excluding hydrogens is 385 g/mol. The number of ether oxygens (including phenoxy) is 1. The molecule has 29 heavy (non-hydrogen) atoms. The molecule has 1 fully saturated rings. The van der Waals surface area contributed by atoms with Crippen molar-refractivity contribution in [2.75, 3.05) is 31.6 Å². The molecule has 2 aromatic carbocycles. The Hall–Kier alpha value is -2.18. The molecule has 2 heterocycles. The standard InChI is InChI=1S/C23H28FN3OS/c1-17(13-16-28-20-9-7-18(24)8-10-20)27-14-11-19(12-15-27)26(2)23-25-21-5-3-4-6-22(21)29-23/h3-10,17,19H,11-16H2,1-2H3. The van der Waals surface area contributed by atoms with E-state index in [0.717, 1.165) is 48.7 Å². The van der Waals surface area contributed by atoms with Crippen LogP contribution in [0.15, 0.2) is 48.5 Å². The Labute approximate surface area is 175 Å². The minimum atomic E-state index is -0.232. The molecule has 6 heteroatoms. The minimum Gasteiger partial charge on any atom is -0.494 e. The van der Waals surface area contributed by atoms with Crippen LogP contribution in [0.5, 0.6) is 5.75 Å². The first-order valence-electron chi connectivity index (χ1n) is 10.3. The van der Waals surface area contributed by atoms with E-state index in [2.05, 4.69) is 42.0 Å². The Morgan fingerprint density at radius 1 is 1.17 bits per heavy atom. The largest absolute Gasteiger partial charge is 0.494 e. The van der Waals surface area contributed by atoms with Gasteiger partial charge in [0.2, 0.25) is 0 Å². The summed E-state index contributed by atoms with van der Waals surface area (Å²) in [5, 5.41) is 1.12. The topological polar surface area (TPSA) is 28.6 Å². The summed E-state index contributed by atoms with van der Waals surface area (Å²) in [5.74, 6) is 0.499. The molecule has 1 unspecified atom stereocenters. The summed E-state index contributed by atoms with van der Waals surface area (Å²) < 4.78 is 20.0. The summed E-state index contributed by atoms with van der Waals surface area (Å²) in [6.07, 6.45) is 3.26. The third kappa shape index (κ3) is 4.87. The zero-order valence-corrected chi connectivity index (χ0v) is 17.9. The first-order valence-corrected chi connectivity index (χ1v) is 11.1. The predicted octanol–water partition coefficient (Wildman–Crippen LogP) is 5.19. The Morgan fingerprint density at radius 3 is 2.62 bits per heavy atom. The molecule has 0 N–H and O–H groups in total. The molecule has 1 saturated heterocycles. The van der Waals surface area contributed by atoms with Crippen molar-refractivity contribution >= 4 is 26.7 Å². The van der Waals surface area contributed by atoms with Crippen molar-refractivity contribution < 1.29 is 9.13 Å². The fraction of sp³-hybridized carbons (Fsp3) is 0.435. The van der Waals surface area contributed by atoms with Gasteiger partial charge >= 0.3 is 0 Å². The van der Waals surface area contributed by atoms with Crippen molar-refractivity contribution in [1.82, 2.24) is 9.88 Å². The number of thiazole rings is 1. The van der Waals surface area contributed by atoms with Gasteiger partial charge in [0.1, 0.15) is 11.6 Å². The van der Waals surface area contributed by atoms with Crippen LogP contribution in [0.2, 0.25) is 0 Å². The molecule has 1 aliphatic rings. The van der Waals surface area contributed by atoms with Gasteiger partial charge in [-0.25, -0.2) is 9.37 Å². The van der Waals surface area contributed by atoms with Crippen molar-refractivity contribution in [2.45, 2.75) is 38.3 Å². The second-order valence-electron chi connectivity index (χ2n) is 7.78. The van der Waals surface area contributed by atoms with Gasteiger partial charge in [0.15, 0.2) is 5.13 Å². The van der Waals surface area contributed by atoms with Crippen LogP contribution < -0.4 is 9.64 Å². The second-order valence-corrected chi connectivity index (χ2v) is 8.79. The molecule has 1 atom stereocenters. The number of para-hydroxylation sites is 1. The van der Waals surface area contributed by atoms with E-state index < -0.39 is 0 Å². The number of anilines is 1. The average molecular weight is 414 g/mol. The number of likely N-dealkylation sites (tertiary alicyclic amines) is 1. The van der Waals surface area contributed by atoms with Crippen LogP contribution in [-0.2, 0) is 0 Å². The molecule has 3 aromatic rings. The number of hydrogen-bond donors (Lipinski definition) is 0. The molecular formula is C23H28FN3OS. The molecule has 0 bridgehead atoms. The highest BCUT2D eigenvalue weighted by atomic mass is 32.1. The number of fused-ring (bicyclic) bond motifs is 1. The zero-order valence-electron chi connectivity index (χ0n) is 17.1. The molecule has 1 aliphatic heterocycles. The maximum Gasteiger partial charge on any atom is 0.186 e. The maximum absolute atomic E-state index is 13.0. The Kier molecular flexibility index (Phi) is 6.31. The first kappa shape index (κ1) is 20.1. The van der Waals surface area contributed by atoms with Crippen molar-refractivity contribution in [2.24, 2.45) is 0 Å². The SMILES string of the molecule is CC(CCOc1ccc(F)cc1)N1CCC(N(C)c2nc3ccccc3s2)CC1. The quantitative estimate of drug-likeness (QED) is 0.533. The van der Waals surface area contributed by atoms with Crippen molar-refractivity contribution in [3.8, 4) is 5.75 Å². The summed E-state index contributed by atoms with van der Waals surface area (Å²) in [5.41, 5.74) is 1.09. The molecule has 0 saturated carbocycles. The number of piperidine rings is 1. The van der Waals surface area contributed by atoms with Gasteiger partial charge < -0.3 is 14.5 Å². The van der Waals surface area contributed by atoms with Gasteiger partial charge in [-0.3, -0.25) is 0 Å². The Balaban J connectivity index is 1.24. The number of hydrogen-bond acceptors (Lipinski definition) is 5. The highest BCUT2D eigenvalue weighted by Crippen LogP contribution is 2.31. The highest BCUT2D eigenvalue weighted by molar-refractivity contribution is 7.22. The molecule has 0 aliphatic carbocycles. The third-order valence-corrected chi connectivity index (χ3v) is 7.00. The second kappa shape index (κ2) is 9.09. The number of aromatic nitrogens is 1. The molecule has 4 rings (SSSR count). The lowest BCUT2D eigenvalue weighted by molar-refractivity contribution is 0.139. The smallest absolute Gasteiger partial charge is 0.186 e. The third-order valence-electron chi connectivity index (χ3n) is 5.87. The van der Waals surface area contributed by atoms with Crippen LogP contribution in [0, 0.1) is 5.82 Å². The van der Waals surface area contributed by atoms with Gasteiger partial charge in [0, 0.05) is 32.2 Å². The lowest BCUT2D eigenvalue weighted by Gasteiger charge is -2.39. The van der Waals surface area contributed by atoms with Gasteiger partial charge in [-0.2, -0.15) is 0 Å². The minimum absolute atomic E-state index is 0.232. The predicted molar refractivity (Wildman–Crippen MR) is 119 cm³/mol. The number of benzene rings is 2. The molecule has 0 spiro atoms. The number of rotatable bonds is 7. The van der Waals surface area contributed by atoms with Crippen LogP contribution >= 0.6 is 11.3 Å². The number of nitrogens with zero attached hydrogens (tertiary/aromatic N) is 3. The Bertz CT molecular complexity index is 888. The van der Waals surface area contributed by atoms with Crippen LogP contribution in [0.25, 0.3) is 10.2 Å². The molecule has 1 aromatic heterocycles. The van der Waals surface area contributed by atoms with Crippen LogP contribution in [-0.4, -0.2) is 48.7 Å². The lowest BCUT2D eigenvalue weighted by Crippen LogP contribution is -2.46. The van der Waals surface area contributed by atoms with Crippen molar-refractivity contribution in [1.29, 1.82) is 0 Å². The van der Waals surface area contributed by atoms with Gasteiger partial charge in [0.25, 0.3) is 0 Å². The average Bonchev–Trinajstić information content (AvgIpc) is 3.19. The van der Waals surface area contributed by atoms with E-state index in [9.17, 15) is 4.39 Å². The summed E-state index contributed by atoms with van der Waals surface area (Å²) in [7, 11) is 2.18. The molecule has 154 valence electrons. The molecule has 4 nitrogen and oxygen atoms in total. The Morgan fingerprint density at radius 2 is 1.90 bits per heavy atom. The fourth-order valence-corrected chi connectivity index (χ4v) is 4.94. The van der Waals surface area contributed by atoms with E-state index in [1.54, 1.807) is 23.5 Å². The molecule has 0 radical (unpaired) electrons. The fourth-order valence-electron chi connectivity index (χ4n) is 3.94. The zero-order chi connectivity index (χ0) is 20.2. The van der Waals surface area contributed by atoms with Crippen LogP contribution in [0.4, 0.5) is 9.52 Å². The van der Waals surface area contributed by atoms with Gasteiger partial charge in [-0.15, -0.1) is 0 Å².